The van der Waals surface area contributed by atoms with E-state index in [4.69, 9.17) is 4.74 Å². The number of ether oxygens (including phenoxy) is 2. The van der Waals surface area contributed by atoms with Gasteiger partial charge in [0, 0.05) is 11.8 Å². The van der Waals surface area contributed by atoms with Gasteiger partial charge in [0.2, 0.25) is 0 Å². The lowest BCUT2D eigenvalue weighted by molar-refractivity contribution is 0.0600. The van der Waals surface area contributed by atoms with Crippen LogP contribution in [0.15, 0.2) is 30.5 Å². The van der Waals surface area contributed by atoms with E-state index in [-0.39, 0.29) is 5.97 Å². The highest BCUT2D eigenvalue weighted by Crippen LogP contribution is 2.21. The fourth-order valence-electron chi connectivity index (χ4n) is 1.85. The summed E-state index contributed by atoms with van der Waals surface area (Å²) in [6, 6.07) is 7.19. The van der Waals surface area contributed by atoms with E-state index in [9.17, 15) is 4.79 Å². The van der Waals surface area contributed by atoms with Crippen molar-refractivity contribution in [3.05, 3.63) is 47.3 Å². The Morgan fingerprint density at radius 1 is 1.32 bits per heavy atom. The van der Waals surface area contributed by atoms with Crippen LogP contribution in [-0.2, 0) is 11.3 Å². The highest BCUT2D eigenvalue weighted by molar-refractivity contribution is 5.89. The Morgan fingerprint density at radius 3 is 2.68 bits per heavy atom. The number of aromatic nitrogens is 2. The molecule has 2 aromatic rings. The Labute approximate surface area is 111 Å². The molecular formula is C14H16N2O3. The topological polar surface area (TPSA) is 53.4 Å². The minimum Gasteiger partial charge on any atom is -0.496 e. The molecule has 0 amide bonds. The average Bonchev–Trinajstić information content (AvgIpc) is 2.83. The van der Waals surface area contributed by atoms with E-state index >= 15 is 0 Å². The first-order chi connectivity index (χ1) is 9.13. The van der Waals surface area contributed by atoms with Gasteiger partial charge in [-0.1, -0.05) is 6.07 Å². The van der Waals surface area contributed by atoms with Crippen LogP contribution in [0.5, 0.6) is 5.75 Å². The van der Waals surface area contributed by atoms with Gasteiger partial charge in [0.15, 0.2) is 0 Å². The molecule has 5 heteroatoms. The van der Waals surface area contributed by atoms with E-state index in [1.54, 1.807) is 19.2 Å². The second-order valence-corrected chi connectivity index (χ2v) is 4.17. The summed E-state index contributed by atoms with van der Waals surface area (Å²) in [5.74, 6) is 0.274. The normalized spacial score (nSPS) is 10.3. The van der Waals surface area contributed by atoms with Crippen LogP contribution in [0.25, 0.3) is 0 Å². The molecule has 0 unspecified atom stereocenters. The summed E-state index contributed by atoms with van der Waals surface area (Å²) in [5.41, 5.74) is 2.39. The second kappa shape index (κ2) is 5.56. The Morgan fingerprint density at radius 2 is 2.11 bits per heavy atom. The maximum atomic E-state index is 11.5. The number of hydrogen-bond acceptors (Lipinski definition) is 4. The molecule has 0 bridgehead atoms. The summed E-state index contributed by atoms with van der Waals surface area (Å²) in [6.45, 7) is 2.53. The van der Waals surface area contributed by atoms with Crippen LogP contribution in [0, 0.1) is 6.92 Å². The lowest BCUT2D eigenvalue weighted by Gasteiger charge is -2.10. The van der Waals surface area contributed by atoms with Crippen molar-refractivity contribution in [1.82, 2.24) is 9.78 Å². The Bertz CT molecular complexity index is 590. The molecule has 0 N–H and O–H groups in total. The van der Waals surface area contributed by atoms with Crippen molar-refractivity contribution in [3.8, 4) is 5.75 Å². The van der Waals surface area contributed by atoms with Gasteiger partial charge in [-0.2, -0.15) is 5.10 Å². The van der Waals surface area contributed by atoms with E-state index < -0.39 is 0 Å². The van der Waals surface area contributed by atoms with Crippen molar-refractivity contribution < 1.29 is 14.3 Å². The summed E-state index contributed by atoms with van der Waals surface area (Å²) in [4.78, 5) is 11.5. The van der Waals surface area contributed by atoms with Gasteiger partial charge in [-0.3, -0.25) is 4.68 Å². The number of esters is 1. The fraction of sp³-hybridized carbons (Fsp3) is 0.286. The highest BCUT2D eigenvalue weighted by Gasteiger charge is 2.11. The minimum absolute atomic E-state index is 0.375. The number of aryl methyl sites for hydroxylation is 1. The minimum atomic E-state index is -0.375. The maximum Gasteiger partial charge on any atom is 0.337 e. The fourth-order valence-corrected chi connectivity index (χ4v) is 1.85. The average molecular weight is 260 g/mol. The predicted molar refractivity (Wildman–Crippen MR) is 70.4 cm³/mol. The van der Waals surface area contributed by atoms with Crippen LogP contribution in [0.3, 0.4) is 0 Å². The van der Waals surface area contributed by atoms with Crippen LogP contribution in [0.1, 0.15) is 21.6 Å². The van der Waals surface area contributed by atoms with Crippen molar-refractivity contribution >= 4 is 5.97 Å². The number of carbonyl (C=O) groups excluding carboxylic acids is 1. The summed E-state index contributed by atoms with van der Waals surface area (Å²) >= 11 is 0. The SMILES string of the molecule is COC(=O)c1ccc(Cn2ccc(C)n2)c(OC)c1. The predicted octanol–water partition coefficient (Wildman–Crippen LogP) is 2.04. The molecule has 100 valence electrons. The largest absolute Gasteiger partial charge is 0.496 e. The Balaban J connectivity index is 2.28. The summed E-state index contributed by atoms with van der Waals surface area (Å²) in [7, 11) is 2.93. The molecule has 2 rings (SSSR count). The molecule has 0 aliphatic heterocycles. The van der Waals surface area contributed by atoms with Crippen LogP contribution in [-0.4, -0.2) is 30.0 Å². The zero-order valence-corrected chi connectivity index (χ0v) is 11.2. The molecule has 5 nitrogen and oxygen atoms in total. The molecule has 0 aliphatic rings. The van der Waals surface area contributed by atoms with Gasteiger partial charge in [-0.15, -0.1) is 0 Å². The molecule has 0 atom stereocenters. The maximum absolute atomic E-state index is 11.5. The van der Waals surface area contributed by atoms with E-state index in [0.29, 0.717) is 17.9 Å². The molecule has 0 saturated heterocycles. The van der Waals surface area contributed by atoms with Crippen molar-refractivity contribution in [2.75, 3.05) is 14.2 Å². The van der Waals surface area contributed by atoms with Crippen molar-refractivity contribution in [1.29, 1.82) is 0 Å². The number of hydrogen-bond donors (Lipinski definition) is 0. The van der Waals surface area contributed by atoms with Gasteiger partial charge < -0.3 is 9.47 Å². The van der Waals surface area contributed by atoms with E-state index in [2.05, 4.69) is 9.84 Å². The first-order valence-corrected chi connectivity index (χ1v) is 5.89. The Kier molecular flexibility index (Phi) is 3.85. The Hall–Kier alpha value is -2.30. The first kappa shape index (κ1) is 13.1. The highest BCUT2D eigenvalue weighted by atomic mass is 16.5. The number of rotatable bonds is 4. The molecule has 1 heterocycles. The molecule has 0 spiro atoms. The third kappa shape index (κ3) is 2.93. The van der Waals surface area contributed by atoms with Gasteiger partial charge in [-0.05, 0) is 25.1 Å². The standard InChI is InChI=1S/C14H16N2O3/c1-10-6-7-16(15-10)9-12-5-4-11(14(17)19-3)8-13(12)18-2/h4-8H,9H2,1-3H3. The molecule has 1 aromatic carbocycles. The van der Waals surface area contributed by atoms with E-state index in [1.165, 1.54) is 7.11 Å². The zero-order valence-electron chi connectivity index (χ0n) is 11.2. The summed E-state index contributed by atoms with van der Waals surface area (Å²) < 4.78 is 11.8. The van der Waals surface area contributed by atoms with E-state index in [1.807, 2.05) is 29.9 Å². The van der Waals surface area contributed by atoms with Crippen molar-refractivity contribution in [2.24, 2.45) is 0 Å². The molecule has 0 saturated carbocycles. The number of methoxy groups -OCH3 is 2. The lowest BCUT2D eigenvalue weighted by atomic mass is 10.1. The summed E-state index contributed by atoms with van der Waals surface area (Å²) in [5, 5.41) is 4.32. The summed E-state index contributed by atoms with van der Waals surface area (Å²) in [6.07, 6.45) is 1.91. The monoisotopic (exact) mass is 260 g/mol. The molecule has 0 fully saturated rings. The van der Waals surface area contributed by atoms with Crippen LogP contribution >= 0.6 is 0 Å². The third-order valence-electron chi connectivity index (χ3n) is 2.81. The molecule has 1 aromatic heterocycles. The quantitative estimate of drug-likeness (QED) is 0.789. The van der Waals surface area contributed by atoms with Gasteiger partial charge in [0.1, 0.15) is 5.75 Å². The van der Waals surface area contributed by atoms with Gasteiger partial charge in [0.05, 0.1) is 32.0 Å². The van der Waals surface area contributed by atoms with E-state index in [0.717, 1.165) is 11.3 Å². The smallest absolute Gasteiger partial charge is 0.337 e. The third-order valence-corrected chi connectivity index (χ3v) is 2.81. The molecule has 0 aliphatic carbocycles. The van der Waals surface area contributed by atoms with Crippen LogP contribution in [0.2, 0.25) is 0 Å². The van der Waals surface area contributed by atoms with Crippen LogP contribution < -0.4 is 4.74 Å². The van der Waals surface area contributed by atoms with Gasteiger partial charge in [0.25, 0.3) is 0 Å². The van der Waals surface area contributed by atoms with Crippen molar-refractivity contribution in [3.63, 3.8) is 0 Å². The van der Waals surface area contributed by atoms with Gasteiger partial charge in [-0.25, -0.2) is 4.79 Å². The van der Waals surface area contributed by atoms with Crippen LogP contribution in [0.4, 0.5) is 0 Å². The number of benzene rings is 1. The molecule has 0 radical (unpaired) electrons. The van der Waals surface area contributed by atoms with Crippen molar-refractivity contribution in [2.45, 2.75) is 13.5 Å². The van der Waals surface area contributed by atoms with Gasteiger partial charge >= 0.3 is 5.97 Å². The number of carbonyl (C=O) groups is 1. The lowest BCUT2D eigenvalue weighted by Crippen LogP contribution is -2.06. The molecular weight excluding hydrogens is 244 g/mol. The second-order valence-electron chi connectivity index (χ2n) is 4.17. The number of nitrogens with zero attached hydrogens (tertiary/aromatic N) is 2. The molecule has 19 heavy (non-hydrogen) atoms. The zero-order chi connectivity index (χ0) is 13.8. The first-order valence-electron chi connectivity index (χ1n) is 5.89.